The molecular formula is C16H31NO2. The van der Waals surface area contributed by atoms with Gasteiger partial charge >= 0.3 is 5.97 Å². The fraction of sp³-hybridized carbons (Fsp3) is 0.938. The van der Waals surface area contributed by atoms with E-state index >= 15 is 0 Å². The van der Waals surface area contributed by atoms with E-state index in [-0.39, 0.29) is 16.8 Å². The Labute approximate surface area is 118 Å². The topological polar surface area (TPSA) is 38.3 Å². The van der Waals surface area contributed by atoms with E-state index in [2.05, 4.69) is 39.9 Å². The molecule has 1 N–H and O–H groups in total. The Morgan fingerprint density at radius 2 is 2.05 bits per heavy atom. The molecule has 0 radical (unpaired) electrons. The first-order valence-corrected chi connectivity index (χ1v) is 7.50. The molecule has 0 aliphatic carbocycles. The van der Waals surface area contributed by atoms with E-state index in [1.165, 1.54) is 7.11 Å². The number of carbonyl (C=O) groups is 1. The van der Waals surface area contributed by atoms with E-state index in [9.17, 15) is 4.79 Å². The molecular weight excluding hydrogens is 238 g/mol. The standard InChI is InChI=1S/C16H31NO2/c1-12(2)7-8-16(14(18)19-6)9-13(10-17-11-16)15(3,4)5/h12-13,17H,7-11H2,1-6H3/t13-,16-/m1/s1. The quantitative estimate of drug-likeness (QED) is 0.796. The van der Waals surface area contributed by atoms with E-state index in [1.54, 1.807) is 0 Å². The Kier molecular flexibility index (Phi) is 5.43. The molecule has 0 spiro atoms. The molecule has 0 aromatic carbocycles. The second-order valence-electron chi connectivity index (χ2n) is 7.60. The summed E-state index contributed by atoms with van der Waals surface area (Å²) in [4.78, 5) is 12.3. The fourth-order valence-electron chi connectivity index (χ4n) is 2.94. The summed E-state index contributed by atoms with van der Waals surface area (Å²) in [6.07, 6.45) is 2.95. The number of piperidine rings is 1. The predicted molar refractivity (Wildman–Crippen MR) is 79.0 cm³/mol. The highest BCUT2D eigenvalue weighted by atomic mass is 16.5. The summed E-state index contributed by atoms with van der Waals surface area (Å²) in [5.74, 6) is 1.11. The van der Waals surface area contributed by atoms with E-state index in [0.717, 1.165) is 32.4 Å². The maximum absolute atomic E-state index is 12.3. The lowest BCUT2D eigenvalue weighted by Crippen LogP contribution is -2.52. The summed E-state index contributed by atoms with van der Waals surface area (Å²) in [6.45, 7) is 13.0. The number of hydrogen-bond donors (Lipinski definition) is 1. The van der Waals surface area contributed by atoms with Gasteiger partial charge in [-0.1, -0.05) is 34.6 Å². The summed E-state index contributed by atoms with van der Waals surface area (Å²) < 4.78 is 5.11. The minimum atomic E-state index is -0.324. The molecule has 3 heteroatoms. The number of carbonyl (C=O) groups excluding carboxylic acids is 1. The predicted octanol–water partition coefficient (Wildman–Crippen LogP) is 3.24. The van der Waals surface area contributed by atoms with Gasteiger partial charge in [-0.3, -0.25) is 4.79 Å². The van der Waals surface area contributed by atoms with Crippen LogP contribution in [0.15, 0.2) is 0 Å². The minimum Gasteiger partial charge on any atom is -0.469 e. The first-order valence-electron chi connectivity index (χ1n) is 7.50. The van der Waals surface area contributed by atoms with Crippen LogP contribution in [0.5, 0.6) is 0 Å². The lowest BCUT2D eigenvalue weighted by atomic mass is 9.65. The normalized spacial score (nSPS) is 28.5. The van der Waals surface area contributed by atoms with E-state index in [4.69, 9.17) is 4.74 Å². The van der Waals surface area contributed by atoms with Gasteiger partial charge in [-0.2, -0.15) is 0 Å². The Bertz CT molecular complexity index is 306. The van der Waals surface area contributed by atoms with Crippen molar-refractivity contribution >= 4 is 5.97 Å². The minimum absolute atomic E-state index is 0.0328. The lowest BCUT2D eigenvalue weighted by Gasteiger charge is -2.44. The monoisotopic (exact) mass is 269 g/mol. The molecule has 0 amide bonds. The highest BCUT2D eigenvalue weighted by molar-refractivity contribution is 5.77. The summed E-state index contributed by atoms with van der Waals surface area (Å²) >= 11 is 0. The molecule has 2 atom stereocenters. The smallest absolute Gasteiger partial charge is 0.313 e. The van der Waals surface area contributed by atoms with E-state index < -0.39 is 0 Å². The van der Waals surface area contributed by atoms with Gasteiger partial charge in [0, 0.05) is 6.54 Å². The summed E-state index contributed by atoms with van der Waals surface area (Å²) in [5.41, 5.74) is -0.0975. The second-order valence-corrected chi connectivity index (χ2v) is 7.60. The van der Waals surface area contributed by atoms with Crippen LogP contribution in [0.25, 0.3) is 0 Å². The Morgan fingerprint density at radius 1 is 1.42 bits per heavy atom. The Morgan fingerprint density at radius 3 is 2.53 bits per heavy atom. The van der Waals surface area contributed by atoms with Gasteiger partial charge in [0.1, 0.15) is 0 Å². The van der Waals surface area contributed by atoms with Crippen LogP contribution in [0, 0.1) is 22.7 Å². The van der Waals surface area contributed by atoms with Crippen LogP contribution < -0.4 is 5.32 Å². The van der Waals surface area contributed by atoms with Gasteiger partial charge in [0.15, 0.2) is 0 Å². The molecule has 112 valence electrons. The van der Waals surface area contributed by atoms with Crippen LogP contribution in [0.4, 0.5) is 0 Å². The SMILES string of the molecule is COC(=O)[C@@]1(CCC(C)C)CNC[C@H](C(C)(C)C)C1. The third-order valence-corrected chi connectivity index (χ3v) is 4.53. The molecule has 0 aromatic rings. The molecule has 3 nitrogen and oxygen atoms in total. The van der Waals surface area contributed by atoms with Gasteiger partial charge < -0.3 is 10.1 Å². The maximum Gasteiger partial charge on any atom is 0.313 e. The molecule has 19 heavy (non-hydrogen) atoms. The van der Waals surface area contributed by atoms with Crippen LogP contribution in [0.3, 0.4) is 0 Å². The molecule has 1 aliphatic heterocycles. The van der Waals surface area contributed by atoms with Gasteiger partial charge in [-0.25, -0.2) is 0 Å². The van der Waals surface area contributed by atoms with Crippen molar-refractivity contribution in [2.24, 2.45) is 22.7 Å². The molecule has 1 fully saturated rings. The van der Waals surface area contributed by atoms with Crippen LogP contribution in [-0.4, -0.2) is 26.2 Å². The maximum atomic E-state index is 12.3. The molecule has 0 bridgehead atoms. The zero-order valence-electron chi connectivity index (χ0n) is 13.5. The zero-order chi connectivity index (χ0) is 14.7. The third-order valence-electron chi connectivity index (χ3n) is 4.53. The van der Waals surface area contributed by atoms with Crippen molar-refractivity contribution in [3.63, 3.8) is 0 Å². The molecule has 1 heterocycles. The Hall–Kier alpha value is -0.570. The van der Waals surface area contributed by atoms with Crippen molar-refractivity contribution < 1.29 is 9.53 Å². The number of methoxy groups -OCH3 is 1. The van der Waals surface area contributed by atoms with Gasteiger partial charge in [0.2, 0.25) is 0 Å². The third kappa shape index (κ3) is 4.20. The highest BCUT2D eigenvalue weighted by Gasteiger charge is 2.45. The average Bonchev–Trinajstić information content (AvgIpc) is 2.34. The number of hydrogen-bond acceptors (Lipinski definition) is 3. The van der Waals surface area contributed by atoms with Crippen molar-refractivity contribution in [3.8, 4) is 0 Å². The number of ether oxygens (including phenoxy) is 1. The molecule has 0 saturated carbocycles. The fourth-order valence-corrected chi connectivity index (χ4v) is 2.94. The van der Waals surface area contributed by atoms with Crippen molar-refractivity contribution in [2.75, 3.05) is 20.2 Å². The van der Waals surface area contributed by atoms with Gasteiger partial charge in [-0.05, 0) is 43.1 Å². The first kappa shape index (κ1) is 16.5. The molecule has 0 aromatic heterocycles. The average molecular weight is 269 g/mol. The largest absolute Gasteiger partial charge is 0.469 e. The van der Waals surface area contributed by atoms with E-state index in [0.29, 0.717) is 11.8 Å². The summed E-state index contributed by atoms with van der Waals surface area (Å²) in [5, 5.41) is 3.47. The van der Waals surface area contributed by atoms with Crippen LogP contribution in [-0.2, 0) is 9.53 Å². The van der Waals surface area contributed by atoms with Gasteiger partial charge in [-0.15, -0.1) is 0 Å². The zero-order valence-corrected chi connectivity index (χ0v) is 13.5. The Balaban J connectivity index is 2.87. The number of esters is 1. The molecule has 1 rings (SSSR count). The number of nitrogens with one attached hydrogen (secondary N) is 1. The van der Waals surface area contributed by atoms with Crippen molar-refractivity contribution in [1.29, 1.82) is 0 Å². The van der Waals surface area contributed by atoms with Crippen molar-refractivity contribution in [2.45, 2.75) is 53.9 Å². The second kappa shape index (κ2) is 6.25. The summed E-state index contributed by atoms with van der Waals surface area (Å²) in [7, 11) is 1.51. The van der Waals surface area contributed by atoms with Gasteiger partial charge in [0.25, 0.3) is 0 Å². The molecule has 1 aliphatic rings. The van der Waals surface area contributed by atoms with Crippen LogP contribution in [0.1, 0.15) is 53.9 Å². The molecule has 0 unspecified atom stereocenters. The number of rotatable bonds is 4. The van der Waals surface area contributed by atoms with Crippen molar-refractivity contribution in [3.05, 3.63) is 0 Å². The van der Waals surface area contributed by atoms with E-state index in [1.807, 2.05) is 0 Å². The summed E-state index contributed by atoms with van der Waals surface area (Å²) in [6, 6.07) is 0. The highest BCUT2D eigenvalue weighted by Crippen LogP contribution is 2.42. The first-order chi connectivity index (χ1) is 8.71. The lowest BCUT2D eigenvalue weighted by molar-refractivity contribution is -0.156. The van der Waals surface area contributed by atoms with Crippen LogP contribution in [0.2, 0.25) is 0 Å². The molecule has 1 saturated heterocycles. The van der Waals surface area contributed by atoms with Gasteiger partial charge in [0.05, 0.1) is 12.5 Å². The van der Waals surface area contributed by atoms with Crippen molar-refractivity contribution in [1.82, 2.24) is 5.32 Å². The van der Waals surface area contributed by atoms with Crippen LogP contribution >= 0.6 is 0 Å².